The Kier molecular flexibility index (Phi) is 4.50. The number of anilines is 2. The zero-order chi connectivity index (χ0) is 16.2. The zero-order valence-corrected chi connectivity index (χ0v) is 13.0. The Hall–Kier alpha value is -2.50. The van der Waals surface area contributed by atoms with Gasteiger partial charge in [0, 0.05) is 25.5 Å². The summed E-state index contributed by atoms with van der Waals surface area (Å²) in [5, 5.41) is 2.70. The van der Waals surface area contributed by atoms with E-state index in [9.17, 15) is 9.18 Å². The van der Waals surface area contributed by atoms with Crippen molar-refractivity contribution < 1.29 is 9.18 Å². The molecule has 2 heterocycles. The average Bonchev–Trinajstić information content (AvgIpc) is 2.58. The van der Waals surface area contributed by atoms with Gasteiger partial charge in [-0.3, -0.25) is 4.79 Å². The molecule has 0 bridgehead atoms. The van der Waals surface area contributed by atoms with Crippen LogP contribution in [-0.4, -0.2) is 29.0 Å². The minimum atomic E-state index is -0.405. The molecule has 6 heteroatoms. The van der Waals surface area contributed by atoms with E-state index >= 15 is 0 Å². The second-order valence-electron chi connectivity index (χ2n) is 5.81. The molecule has 3 rings (SSSR count). The third-order valence-electron chi connectivity index (χ3n) is 4.01. The molecule has 1 atom stereocenters. The maximum Gasteiger partial charge on any atom is 0.229 e. The first-order chi connectivity index (χ1) is 11.1. The summed E-state index contributed by atoms with van der Waals surface area (Å²) in [5.74, 6) is -0.134. The molecule has 0 radical (unpaired) electrons. The number of halogens is 1. The summed E-state index contributed by atoms with van der Waals surface area (Å²) in [7, 11) is 0. The van der Waals surface area contributed by atoms with Crippen molar-refractivity contribution in [1.29, 1.82) is 0 Å². The van der Waals surface area contributed by atoms with Crippen molar-refractivity contribution in [2.24, 2.45) is 5.92 Å². The number of benzene rings is 1. The van der Waals surface area contributed by atoms with Crippen molar-refractivity contribution in [2.45, 2.75) is 19.8 Å². The lowest BCUT2D eigenvalue weighted by molar-refractivity contribution is -0.120. The minimum Gasteiger partial charge on any atom is -0.340 e. The highest BCUT2D eigenvalue weighted by molar-refractivity contribution is 5.93. The first kappa shape index (κ1) is 15.4. The van der Waals surface area contributed by atoms with Crippen LogP contribution in [0.4, 0.5) is 16.0 Å². The van der Waals surface area contributed by atoms with Gasteiger partial charge in [-0.25, -0.2) is 14.4 Å². The topological polar surface area (TPSA) is 58.1 Å². The molecule has 1 N–H and O–H groups in total. The van der Waals surface area contributed by atoms with Crippen molar-refractivity contribution >= 4 is 17.5 Å². The number of hydrogen-bond acceptors (Lipinski definition) is 4. The van der Waals surface area contributed by atoms with E-state index in [0.29, 0.717) is 12.5 Å². The third-order valence-corrected chi connectivity index (χ3v) is 4.01. The van der Waals surface area contributed by atoms with Crippen LogP contribution in [0.2, 0.25) is 0 Å². The molecule has 1 fully saturated rings. The van der Waals surface area contributed by atoms with Crippen molar-refractivity contribution in [1.82, 2.24) is 9.97 Å². The van der Waals surface area contributed by atoms with E-state index < -0.39 is 5.82 Å². The molecule has 1 aromatic carbocycles. The lowest BCUT2D eigenvalue weighted by Crippen LogP contribution is -2.41. The van der Waals surface area contributed by atoms with E-state index in [1.54, 1.807) is 30.6 Å². The molecule has 1 saturated heterocycles. The Balaban J connectivity index is 1.67. The zero-order valence-electron chi connectivity index (χ0n) is 13.0. The highest BCUT2D eigenvalue weighted by atomic mass is 19.1. The van der Waals surface area contributed by atoms with Gasteiger partial charge in [0.15, 0.2) is 0 Å². The molecular formula is C17H19FN4O. The number of amides is 1. The SMILES string of the molecule is Cc1ccc(NC(=O)C2CCCN(c3ncccn3)C2)c(F)c1. The van der Waals surface area contributed by atoms with Gasteiger partial charge in [-0.05, 0) is 43.5 Å². The van der Waals surface area contributed by atoms with Crippen LogP contribution < -0.4 is 10.2 Å². The molecule has 23 heavy (non-hydrogen) atoms. The van der Waals surface area contributed by atoms with Gasteiger partial charge < -0.3 is 10.2 Å². The number of nitrogens with zero attached hydrogens (tertiary/aromatic N) is 3. The van der Waals surface area contributed by atoms with E-state index in [4.69, 9.17) is 0 Å². The van der Waals surface area contributed by atoms with E-state index in [-0.39, 0.29) is 17.5 Å². The highest BCUT2D eigenvalue weighted by Crippen LogP contribution is 2.22. The number of rotatable bonds is 3. The summed E-state index contributed by atoms with van der Waals surface area (Å²) in [6.45, 7) is 3.18. The van der Waals surface area contributed by atoms with Crippen LogP contribution in [0.5, 0.6) is 0 Å². The van der Waals surface area contributed by atoms with Gasteiger partial charge in [0.05, 0.1) is 11.6 Å². The smallest absolute Gasteiger partial charge is 0.229 e. The van der Waals surface area contributed by atoms with Crippen molar-refractivity contribution in [3.05, 3.63) is 48.0 Å². The Morgan fingerprint density at radius 1 is 1.35 bits per heavy atom. The Morgan fingerprint density at radius 2 is 2.13 bits per heavy atom. The summed E-state index contributed by atoms with van der Waals surface area (Å²) in [6.07, 6.45) is 5.04. The lowest BCUT2D eigenvalue weighted by Gasteiger charge is -2.31. The van der Waals surface area contributed by atoms with Crippen LogP contribution in [0.1, 0.15) is 18.4 Å². The van der Waals surface area contributed by atoms with Crippen molar-refractivity contribution in [2.75, 3.05) is 23.3 Å². The van der Waals surface area contributed by atoms with Gasteiger partial charge in [-0.2, -0.15) is 0 Å². The molecule has 0 spiro atoms. The van der Waals surface area contributed by atoms with Gasteiger partial charge in [-0.1, -0.05) is 6.07 Å². The predicted molar refractivity (Wildman–Crippen MR) is 86.7 cm³/mol. The Morgan fingerprint density at radius 3 is 2.87 bits per heavy atom. The quantitative estimate of drug-likeness (QED) is 0.946. The summed E-state index contributed by atoms with van der Waals surface area (Å²) in [5.41, 5.74) is 1.05. The summed E-state index contributed by atoms with van der Waals surface area (Å²) in [6, 6.07) is 6.56. The van der Waals surface area contributed by atoms with Crippen LogP contribution in [-0.2, 0) is 4.79 Å². The predicted octanol–water partition coefficient (Wildman–Crippen LogP) is 2.78. The average molecular weight is 314 g/mol. The molecule has 0 aliphatic carbocycles. The van der Waals surface area contributed by atoms with E-state index in [1.807, 2.05) is 11.8 Å². The number of carbonyl (C=O) groups excluding carboxylic acids is 1. The van der Waals surface area contributed by atoms with Gasteiger partial charge >= 0.3 is 0 Å². The first-order valence-electron chi connectivity index (χ1n) is 7.72. The van der Waals surface area contributed by atoms with E-state index in [1.165, 1.54) is 6.07 Å². The van der Waals surface area contributed by atoms with Crippen LogP contribution >= 0.6 is 0 Å². The van der Waals surface area contributed by atoms with Crippen LogP contribution in [0.25, 0.3) is 0 Å². The lowest BCUT2D eigenvalue weighted by atomic mass is 9.97. The maximum absolute atomic E-state index is 13.9. The molecule has 1 aliphatic heterocycles. The second kappa shape index (κ2) is 6.73. The van der Waals surface area contributed by atoms with Crippen molar-refractivity contribution in [3.63, 3.8) is 0 Å². The van der Waals surface area contributed by atoms with Gasteiger partial charge in [0.25, 0.3) is 0 Å². The fraction of sp³-hybridized carbons (Fsp3) is 0.353. The van der Waals surface area contributed by atoms with Gasteiger partial charge in [0.2, 0.25) is 11.9 Å². The molecule has 5 nitrogen and oxygen atoms in total. The Labute approximate surface area is 134 Å². The monoisotopic (exact) mass is 314 g/mol. The number of aryl methyl sites for hydroxylation is 1. The molecule has 1 unspecified atom stereocenters. The number of hydrogen-bond donors (Lipinski definition) is 1. The summed E-state index contributed by atoms with van der Waals surface area (Å²) in [4.78, 5) is 22.9. The molecule has 0 saturated carbocycles. The fourth-order valence-electron chi connectivity index (χ4n) is 2.78. The molecule has 1 amide bonds. The normalized spacial score (nSPS) is 17.8. The summed E-state index contributed by atoms with van der Waals surface area (Å²) >= 11 is 0. The maximum atomic E-state index is 13.9. The number of piperidine rings is 1. The first-order valence-corrected chi connectivity index (χ1v) is 7.72. The molecular weight excluding hydrogens is 295 g/mol. The summed E-state index contributed by atoms with van der Waals surface area (Å²) < 4.78 is 13.9. The largest absolute Gasteiger partial charge is 0.340 e. The third kappa shape index (κ3) is 3.64. The molecule has 1 aromatic heterocycles. The number of nitrogens with one attached hydrogen (secondary N) is 1. The molecule has 2 aromatic rings. The van der Waals surface area contributed by atoms with E-state index in [2.05, 4.69) is 15.3 Å². The minimum absolute atomic E-state index is 0.159. The fourth-order valence-corrected chi connectivity index (χ4v) is 2.78. The van der Waals surface area contributed by atoms with Gasteiger partial charge in [0.1, 0.15) is 5.82 Å². The standard InChI is InChI=1S/C17H19FN4O/c1-12-5-6-15(14(18)10-12)21-16(23)13-4-2-9-22(11-13)17-19-7-3-8-20-17/h3,5-8,10,13H,2,4,9,11H2,1H3,(H,21,23). The Bertz CT molecular complexity index is 692. The molecule has 120 valence electrons. The van der Waals surface area contributed by atoms with Crippen molar-refractivity contribution in [3.8, 4) is 0 Å². The van der Waals surface area contributed by atoms with Crippen LogP contribution in [0.15, 0.2) is 36.7 Å². The van der Waals surface area contributed by atoms with Gasteiger partial charge in [-0.15, -0.1) is 0 Å². The van der Waals surface area contributed by atoms with Crippen LogP contribution in [0, 0.1) is 18.7 Å². The second-order valence-corrected chi connectivity index (χ2v) is 5.81. The highest BCUT2D eigenvalue weighted by Gasteiger charge is 2.27. The number of carbonyl (C=O) groups is 1. The number of aromatic nitrogens is 2. The van der Waals surface area contributed by atoms with E-state index in [0.717, 1.165) is 24.9 Å². The molecule has 1 aliphatic rings. The van der Waals surface area contributed by atoms with Crippen LogP contribution in [0.3, 0.4) is 0 Å².